The molecule has 1 N–H and O–H groups in total. The SMILES string of the molecule is CN=C(NCC1CCCc2ccccc21)N1CCOC(c2cnn(C)c2)C1. The topological polar surface area (TPSA) is 54.7 Å². The van der Waals surface area contributed by atoms with Crippen molar-refractivity contribution in [2.24, 2.45) is 12.0 Å². The molecule has 1 aliphatic heterocycles. The molecule has 1 saturated heterocycles. The fourth-order valence-electron chi connectivity index (χ4n) is 4.26. The highest BCUT2D eigenvalue weighted by atomic mass is 16.5. The molecule has 1 fully saturated rings. The molecule has 0 saturated carbocycles. The van der Waals surface area contributed by atoms with Crippen LogP contribution in [0.5, 0.6) is 0 Å². The first kappa shape index (κ1) is 18.0. The van der Waals surface area contributed by atoms with Crippen LogP contribution in [0.4, 0.5) is 0 Å². The molecule has 6 nitrogen and oxygen atoms in total. The highest BCUT2D eigenvalue weighted by Gasteiger charge is 2.26. The van der Waals surface area contributed by atoms with Crippen LogP contribution in [-0.2, 0) is 18.2 Å². The van der Waals surface area contributed by atoms with Crippen LogP contribution in [0.1, 0.15) is 41.6 Å². The summed E-state index contributed by atoms with van der Waals surface area (Å²) in [5.41, 5.74) is 4.13. The van der Waals surface area contributed by atoms with Gasteiger partial charge in [0.15, 0.2) is 5.96 Å². The van der Waals surface area contributed by atoms with Gasteiger partial charge in [-0.15, -0.1) is 0 Å². The van der Waals surface area contributed by atoms with Crippen LogP contribution >= 0.6 is 0 Å². The minimum absolute atomic E-state index is 0.0430. The summed E-state index contributed by atoms with van der Waals surface area (Å²) < 4.78 is 7.79. The van der Waals surface area contributed by atoms with E-state index < -0.39 is 0 Å². The van der Waals surface area contributed by atoms with Crippen molar-refractivity contribution in [3.05, 3.63) is 53.3 Å². The third-order valence-corrected chi connectivity index (χ3v) is 5.67. The zero-order valence-corrected chi connectivity index (χ0v) is 16.3. The molecular formula is C21H29N5O. The Bertz CT molecular complexity index is 799. The molecule has 27 heavy (non-hydrogen) atoms. The van der Waals surface area contributed by atoms with E-state index in [1.165, 1.54) is 30.4 Å². The van der Waals surface area contributed by atoms with E-state index in [0.29, 0.717) is 12.5 Å². The first-order valence-electron chi connectivity index (χ1n) is 9.88. The predicted octanol–water partition coefficient (Wildman–Crippen LogP) is 2.49. The summed E-state index contributed by atoms with van der Waals surface area (Å²) in [6, 6.07) is 8.87. The summed E-state index contributed by atoms with van der Waals surface area (Å²) in [6.45, 7) is 3.29. The zero-order valence-electron chi connectivity index (χ0n) is 16.3. The summed E-state index contributed by atoms with van der Waals surface area (Å²) in [5.74, 6) is 1.53. The summed E-state index contributed by atoms with van der Waals surface area (Å²) in [7, 11) is 3.80. The lowest BCUT2D eigenvalue weighted by atomic mass is 9.83. The normalized spacial score (nSPS) is 23.2. The smallest absolute Gasteiger partial charge is 0.193 e. The summed E-state index contributed by atoms with van der Waals surface area (Å²) >= 11 is 0. The number of benzene rings is 1. The number of guanidine groups is 1. The average Bonchev–Trinajstić information content (AvgIpc) is 3.15. The number of fused-ring (bicyclic) bond motifs is 1. The number of hydrogen-bond donors (Lipinski definition) is 1. The Morgan fingerprint density at radius 1 is 1.37 bits per heavy atom. The predicted molar refractivity (Wildman–Crippen MR) is 107 cm³/mol. The lowest BCUT2D eigenvalue weighted by Crippen LogP contribution is -2.49. The van der Waals surface area contributed by atoms with E-state index in [9.17, 15) is 0 Å². The minimum atomic E-state index is 0.0430. The molecule has 1 aromatic heterocycles. The molecular weight excluding hydrogens is 338 g/mol. The number of nitrogens with one attached hydrogen (secondary N) is 1. The van der Waals surface area contributed by atoms with Gasteiger partial charge in [-0.25, -0.2) is 0 Å². The summed E-state index contributed by atoms with van der Waals surface area (Å²) in [6.07, 6.45) is 7.68. The maximum absolute atomic E-state index is 5.97. The fourth-order valence-corrected chi connectivity index (χ4v) is 4.26. The summed E-state index contributed by atoms with van der Waals surface area (Å²) in [5, 5.41) is 7.90. The molecule has 2 atom stereocenters. The van der Waals surface area contributed by atoms with Gasteiger partial charge in [0, 0.05) is 44.9 Å². The van der Waals surface area contributed by atoms with Crippen LogP contribution < -0.4 is 5.32 Å². The zero-order chi connectivity index (χ0) is 18.6. The second-order valence-electron chi connectivity index (χ2n) is 7.47. The largest absolute Gasteiger partial charge is 0.370 e. The van der Waals surface area contributed by atoms with E-state index in [1.807, 2.05) is 31.2 Å². The molecule has 1 aliphatic carbocycles. The van der Waals surface area contributed by atoms with E-state index in [1.54, 1.807) is 0 Å². The Morgan fingerprint density at radius 3 is 3.07 bits per heavy atom. The van der Waals surface area contributed by atoms with Crippen molar-refractivity contribution in [2.45, 2.75) is 31.3 Å². The van der Waals surface area contributed by atoms with E-state index >= 15 is 0 Å². The molecule has 2 heterocycles. The Kier molecular flexibility index (Phi) is 5.43. The number of aromatic nitrogens is 2. The number of ether oxygens (including phenoxy) is 1. The lowest BCUT2D eigenvalue weighted by molar-refractivity contribution is -0.00804. The van der Waals surface area contributed by atoms with Crippen molar-refractivity contribution in [1.29, 1.82) is 0 Å². The molecule has 144 valence electrons. The maximum atomic E-state index is 5.97. The second-order valence-corrected chi connectivity index (χ2v) is 7.47. The van der Waals surface area contributed by atoms with E-state index in [0.717, 1.165) is 31.2 Å². The van der Waals surface area contributed by atoms with Crippen molar-refractivity contribution in [2.75, 3.05) is 33.3 Å². The van der Waals surface area contributed by atoms with Gasteiger partial charge >= 0.3 is 0 Å². The van der Waals surface area contributed by atoms with Gasteiger partial charge in [-0.2, -0.15) is 5.10 Å². The molecule has 0 bridgehead atoms. The van der Waals surface area contributed by atoms with E-state index in [-0.39, 0.29) is 6.10 Å². The molecule has 0 spiro atoms. The van der Waals surface area contributed by atoms with Crippen LogP contribution in [0.25, 0.3) is 0 Å². The van der Waals surface area contributed by atoms with Gasteiger partial charge in [-0.3, -0.25) is 9.67 Å². The van der Waals surface area contributed by atoms with Crippen LogP contribution in [0, 0.1) is 0 Å². The van der Waals surface area contributed by atoms with Gasteiger partial charge in [0.25, 0.3) is 0 Å². The van der Waals surface area contributed by atoms with Crippen LogP contribution in [-0.4, -0.2) is 53.9 Å². The maximum Gasteiger partial charge on any atom is 0.193 e. The standard InChI is InChI=1S/C21H29N5O/c1-22-21(23-12-17-8-5-7-16-6-3-4-9-19(16)17)26-10-11-27-20(15-26)18-13-24-25(2)14-18/h3-4,6,9,13-14,17,20H,5,7-8,10-12,15H2,1-2H3,(H,22,23). The number of aliphatic imine (C=N–C) groups is 1. The van der Waals surface area contributed by atoms with Gasteiger partial charge in [0.2, 0.25) is 0 Å². The van der Waals surface area contributed by atoms with Gasteiger partial charge < -0.3 is 15.0 Å². The van der Waals surface area contributed by atoms with Crippen LogP contribution in [0.15, 0.2) is 41.7 Å². The number of morpholine rings is 1. The number of hydrogen-bond acceptors (Lipinski definition) is 3. The first-order chi connectivity index (χ1) is 13.2. The van der Waals surface area contributed by atoms with Crippen molar-refractivity contribution in [1.82, 2.24) is 20.0 Å². The lowest BCUT2D eigenvalue weighted by Gasteiger charge is -2.35. The Balaban J connectivity index is 1.40. The molecule has 0 radical (unpaired) electrons. The Morgan fingerprint density at radius 2 is 2.26 bits per heavy atom. The molecule has 4 rings (SSSR count). The van der Waals surface area contributed by atoms with Gasteiger partial charge in [-0.05, 0) is 30.4 Å². The highest BCUT2D eigenvalue weighted by Crippen LogP contribution is 2.31. The van der Waals surface area contributed by atoms with E-state index in [4.69, 9.17) is 4.74 Å². The molecule has 0 amide bonds. The van der Waals surface area contributed by atoms with Crippen molar-refractivity contribution in [3.63, 3.8) is 0 Å². The number of aryl methyl sites for hydroxylation is 2. The van der Waals surface area contributed by atoms with Crippen molar-refractivity contribution >= 4 is 5.96 Å². The fraction of sp³-hybridized carbons (Fsp3) is 0.524. The highest BCUT2D eigenvalue weighted by molar-refractivity contribution is 5.80. The van der Waals surface area contributed by atoms with Crippen LogP contribution in [0.2, 0.25) is 0 Å². The number of nitrogens with zero attached hydrogens (tertiary/aromatic N) is 4. The first-order valence-corrected chi connectivity index (χ1v) is 9.88. The Hall–Kier alpha value is -2.34. The average molecular weight is 367 g/mol. The quantitative estimate of drug-likeness (QED) is 0.669. The second kappa shape index (κ2) is 8.13. The Labute approximate surface area is 161 Å². The van der Waals surface area contributed by atoms with Gasteiger partial charge in [0.05, 0.1) is 19.3 Å². The van der Waals surface area contributed by atoms with Crippen LogP contribution in [0.3, 0.4) is 0 Å². The summed E-state index contributed by atoms with van der Waals surface area (Å²) in [4.78, 5) is 6.84. The van der Waals surface area contributed by atoms with Crippen molar-refractivity contribution < 1.29 is 4.74 Å². The molecule has 2 unspecified atom stereocenters. The molecule has 1 aromatic carbocycles. The minimum Gasteiger partial charge on any atom is -0.370 e. The molecule has 6 heteroatoms. The molecule has 2 aromatic rings. The third kappa shape index (κ3) is 4.00. The molecule has 2 aliphatic rings. The van der Waals surface area contributed by atoms with Gasteiger partial charge in [0.1, 0.15) is 6.10 Å². The number of rotatable bonds is 3. The third-order valence-electron chi connectivity index (χ3n) is 5.67. The monoisotopic (exact) mass is 367 g/mol. The van der Waals surface area contributed by atoms with E-state index in [2.05, 4.69) is 44.6 Å². The van der Waals surface area contributed by atoms with Gasteiger partial charge in [-0.1, -0.05) is 24.3 Å². The van der Waals surface area contributed by atoms with Crippen molar-refractivity contribution in [3.8, 4) is 0 Å².